The molecule has 2 bridgehead atoms. The fourth-order valence-electron chi connectivity index (χ4n) is 1.31. The van der Waals surface area contributed by atoms with E-state index < -0.39 is 0 Å². The minimum atomic E-state index is 1.27. The van der Waals surface area contributed by atoms with Gasteiger partial charge in [-0.3, -0.25) is 9.68 Å². The summed E-state index contributed by atoms with van der Waals surface area (Å²) in [7, 11) is 2.95. The predicted molar refractivity (Wildman–Crippen MR) is 51.0 cm³/mol. The molecule has 1 aromatic rings. The highest BCUT2D eigenvalue weighted by Gasteiger charge is 2.02. The molecule has 3 heteroatoms. The summed E-state index contributed by atoms with van der Waals surface area (Å²) in [5.41, 5.74) is 5.12. The van der Waals surface area contributed by atoms with Crippen molar-refractivity contribution in [2.45, 2.75) is 12.8 Å². The van der Waals surface area contributed by atoms with Gasteiger partial charge in [-0.25, -0.2) is 0 Å². The van der Waals surface area contributed by atoms with Gasteiger partial charge in [0.25, 0.3) is 0 Å². The van der Waals surface area contributed by atoms with Crippen LogP contribution in [0.5, 0.6) is 0 Å². The summed E-state index contributed by atoms with van der Waals surface area (Å²) in [6, 6.07) is 8.80. The van der Waals surface area contributed by atoms with Crippen LogP contribution in [0.1, 0.15) is 11.1 Å². The van der Waals surface area contributed by atoms with Crippen molar-refractivity contribution in [2.75, 3.05) is 14.2 Å². The second kappa shape index (κ2) is 5.70. The number of fused-ring (bicyclic) bond motifs is 2. The molecule has 13 heavy (non-hydrogen) atoms. The van der Waals surface area contributed by atoms with Gasteiger partial charge in [-0.15, -0.1) is 0 Å². The summed E-state index contributed by atoms with van der Waals surface area (Å²) in [5.74, 6) is 0. The molecule has 1 aromatic carbocycles. The van der Waals surface area contributed by atoms with Crippen LogP contribution in [-0.2, 0) is 22.5 Å². The Morgan fingerprint density at radius 3 is 1.92 bits per heavy atom. The Morgan fingerprint density at radius 2 is 1.62 bits per heavy atom. The zero-order chi connectivity index (χ0) is 9.52. The van der Waals surface area contributed by atoms with Gasteiger partial charge in [0.1, 0.15) is 0 Å². The van der Waals surface area contributed by atoms with Crippen molar-refractivity contribution in [3.8, 4) is 0 Å². The first kappa shape index (κ1) is 10.2. The first-order chi connectivity index (χ1) is 6.36. The van der Waals surface area contributed by atoms with Crippen LogP contribution in [0.25, 0.3) is 0 Å². The first-order valence-electron chi connectivity index (χ1n) is 4.25. The van der Waals surface area contributed by atoms with E-state index in [1.54, 1.807) is 0 Å². The van der Waals surface area contributed by atoms with Gasteiger partial charge in [0, 0.05) is 0 Å². The Kier molecular flexibility index (Phi) is 4.46. The number of aryl methyl sites for hydroxylation is 2. The molecule has 0 saturated carbocycles. The Labute approximate surface area is 78.6 Å². The molecule has 1 N–H and O–H groups in total. The van der Waals surface area contributed by atoms with Gasteiger partial charge < -0.3 is 0 Å². The van der Waals surface area contributed by atoms with Crippen LogP contribution < -0.4 is 5.64 Å². The fourth-order valence-corrected chi connectivity index (χ4v) is 1.31. The van der Waals surface area contributed by atoms with Gasteiger partial charge >= 0.3 is 0 Å². The highest BCUT2D eigenvalue weighted by atomic mass is 16.9. The number of benzene rings is 1. The molecule has 72 valence electrons. The van der Waals surface area contributed by atoms with E-state index in [0.29, 0.717) is 0 Å². The van der Waals surface area contributed by atoms with Gasteiger partial charge in [-0.2, -0.15) is 0 Å². The van der Waals surface area contributed by atoms with Crippen molar-refractivity contribution in [2.24, 2.45) is 0 Å². The zero-order valence-corrected chi connectivity index (χ0v) is 8.04. The molecule has 0 saturated heterocycles. The molecule has 1 aliphatic rings. The normalized spacial score (nSPS) is 12.2. The minimum Gasteiger partial charge on any atom is -0.280 e. The number of hydrogen-bond acceptors (Lipinski definition) is 3. The molecule has 2 rings (SSSR count). The van der Waals surface area contributed by atoms with Crippen LogP contribution in [0.2, 0.25) is 0 Å². The van der Waals surface area contributed by atoms with Crippen LogP contribution in [0.4, 0.5) is 0 Å². The molecule has 0 fully saturated rings. The Bertz CT molecular complexity index is 229. The second-order valence-corrected chi connectivity index (χ2v) is 2.81. The summed E-state index contributed by atoms with van der Waals surface area (Å²) in [5, 5.41) is 0. The maximum atomic E-state index is 4.22. The largest absolute Gasteiger partial charge is 0.280 e. The lowest BCUT2D eigenvalue weighted by Crippen LogP contribution is -2.07. The fraction of sp³-hybridized carbons (Fsp3) is 0.400. The maximum Gasteiger partial charge on any atom is 0.0599 e. The Hall–Kier alpha value is -0.900. The number of hydrogen-bond donors (Lipinski definition) is 1. The average molecular weight is 181 g/mol. The van der Waals surface area contributed by atoms with Crippen molar-refractivity contribution >= 4 is 0 Å². The van der Waals surface area contributed by atoms with Crippen LogP contribution in [0, 0.1) is 0 Å². The average Bonchev–Trinajstić information content (AvgIpc) is 2.48. The summed E-state index contributed by atoms with van der Waals surface area (Å²) in [4.78, 5) is 8.44. The summed E-state index contributed by atoms with van der Waals surface area (Å²) >= 11 is 0. The van der Waals surface area contributed by atoms with Crippen molar-refractivity contribution in [1.82, 2.24) is 5.64 Å². The SMILES string of the molecule is CONOC.c1cc2cc(c1)CC2. The van der Waals surface area contributed by atoms with Crippen LogP contribution in [-0.4, -0.2) is 14.2 Å². The lowest BCUT2D eigenvalue weighted by atomic mass is 10.2. The lowest BCUT2D eigenvalue weighted by molar-refractivity contribution is -0.130. The Morgan fingerprint density at radius 1 is 1.08 bits per heavy atom. The van der Waals surface area contributed by atoms with Crippen LogP contribution in [0.15, 0.2) is 24.3 Å². The standard InChI is InChI=1S/C8H8.C2H7NO2/c1-2-7-4-5-8(3-1)6-7;1-4-3-5-2/h1-3,6H,4-5H2;3H,1-2H3. The van der Waals surface area contributed by atoms with E-state index in [1.165, 1.54) is 38.2 Å². The maximum absolute atomic E-state index is 4.22. The smallest absolute Gasteiger partial charge is 0.0599 e. The van der Waals surface area contributed by atoms with Crippen LogP contribution in [0.3, 0.4) is 0 Å². The van der Waals surface area contributed by atoms with Gasteiger partial charge in [-0.05, 0) is 24.0 Å². The number of rotatable bonds is 2. The molecule has 0 heterocycles. The molecular formula is C10H15NO2. The van der Waals surface area contributed by atoms with Crippen molar-refractivity contribution in [1.29, 1.82) is 0 Å². The molecule has 0 aromatic heterocycles. The molecule has 0 spiro atoms. The van der Waals surface area contributed by atoms with E-state index in [4.69, 9.17) is 0 Å². The van der Waals surface area contributed by atoms with E-state index >= 15 is 0 Å². The molecule has 0 aliphatic heterocycles. The third-order valence-corrected chi connectivity index (χ3v) is 1.86. The van der Waals surface area contributed by atoms with E-state index in [0.717, 1.165) is 0 Å². The highest BCUT2D eigenvalue weighted by Crippen LogP contribution is 2.15. The molecule has 0 unspecified atom stereocenters. The third kappa shape index (κ3) is 3.55. The summed E-state index contributed by atoms with van der Waals surface area (Å²) in [6.07, 6.45) is 2.53. The highest BCUT2D eigenvalue weighted by molar-refractivity contribution is 5.29. The van der Waals surface area contributed by atoms with Gasteiger partial charge in [-0.1, -0.05) is 29.9 Å². The van der Waals surface area contributed by atoms with Gasteiger partial charge in [0.2, 0.25) is 0 Å². The van der Waals surface area contributed by atoms with Gasteiger partial charge in [0.05, 0.1) is 14.2 Å². The minimum absolute atomic E-state index is 1.27. The molecule has 0 radical (unpaired) electrons. The van der Waals surface area contributed by atoms with E-state index in [1.807, 2.05) is 0 Å². The van der Waals surface area contributed by atoms with Gasteiger partial charge in [0.15, 0.2) is 0 Å². The second-order valence-electron chi connectivity index (χ2n) is 2.81. The molecule has 0 amide bonds. The van der Waals surface area contributed by atoms with Crippen molar-refractivity contribution < 1.29 is 9.68 Å². The predicted octanol–water partition coefficient (Wildman–Crippen LogP) is 1.48. The molecule has 1 aliphatic carbocycles. The quantitative estimate of drug-likeness (QED) is 0.701. The number of nitrogens with one attached hydrogen (secondary N) is 1. The van der Waals surface area contributed by atoms with E-state index in [-0.39, 0.29) is 0 Å². The van der Waals surface area contributed by atoms with Crippen molar-refractivity contribution in [3.63, 3.8) is 0 Å². The van der Waals surface area contributed by atoms with Crippen LogP contribution >= 0.6 is 0 Å². The molecule has 3 nitrogen and oxygen atoms in total. The van der Waals surface area contributed by atoms with E-state index in [9.17, 15) is 0 Å². The molecule has 0 atom stereocenters. The van der Waals surface area contributed by atoms with Crippen molar-refractivity contribution in [3.05, 3.63) is 35.4 Å². The Balaban J connectivity index is 0.000000149. The lowest BCUT2D eigenvalue weighted by Gasteiger charge is -1.89. The monoisotopic (exact) mass is 181 g/mol. The third-order valence-electron chi connectivity index (χ3n) is 1.86. The molecular weight excluding hydrogens is 166 g/mol. The summed E-state index contributed by atoms with van der Waals surface area (Å²) in [6.45, 7) is 0. The first-order valence-corrected chi connectivity index (χ1v) is 4.25. The zero-order valence-electron chi connectivity index (χ0n) is 8.04. The summed E-state index contributed by atoms with van der Waals surface area (Å²) < 4.78 is 0. The topological polar surface area (TPSA) is 30.5 Å². The van der Waals surface area contributed by atoms with E-state index in [2.05, 4.69) is 39.6 Å².